The third-order valence-electron chi connectivity index (χ3n) is 3.68. The highest BCUT2D eigenvalue weighted by Crippen LogP contribution is 2.21. The van der Waals surface area contributed by atoms with Crippen molar-refractivity contribution >= 4 is 22.6 Å². The van der Waals surface area contributed by atoms with Crippen LogP contribution in [-0.2, 0) is 18.8 Å². The number of rotatable bonds is 4. The molecule has 3 aromatic rings. The first-order valence-corrected chi connectivity index (χ1v) is 7.47. The molecule has 0 fully saturated rings. The zero-order valence-corrected chi connectivity index (χ0v) is 12.6. The lowest BCUT2D eigenvalue weighted by molar-refractivity contribution is 0.621. The number of alkyl halides is 1. The van der Waals surface area contributed by atoms with Gasteiger partial charge in [-0.25, -0.2) is 9.37 Å². The van der Waals surface area contributed by atoms with Crippen molar-refractivity contribution in [1.29, 1.82) is 0 Å². The van der Waals surface area contributed by atoms with E-state index in [-0.39, 0.29) is 5.82 Å². The maximum atomic E-state index is 13.3. The smallest absolute Gasteiger partial charge is 0.124 e. The number of benzene rings is 2. The van der Waals surface area contributed by atoms with E-state index in [0.29, 0.717) is 5.88 Å². The molecule has 0 saturated heterocycles. The van der Waals surface area contributed by atoms with E-state index in [1.54, 1.807) is 12.1 Å². The van der Waals surface area contributed by atoms with Gasteiger partial charge >= 0.3 is 0 Å². The lowest BCUT2D eigenvalue weighted by atomic mass is 10.1. The molecule has 2 aromatic carbocycles. The maximum absolute atomic E-state index is 13.3. The van der Waals surface area contributed by atoms with E-state index >= 15 is 0 Å². The highest BCUT2D eigenvalue weighted by molar-refractivity contribution is 6.16. The summed E-state index contributed by atoms with van der Waals surface area (Å²) in [4.78, 5) is 4.58. The van der Waals surface area contributed by atoms with Crippen molar-refractivity contribution in [2.24, 2.45) is 0 Å². The van der Waals surface area contributed by atoms with Crippen molar-refractivity contribution in [2.45, 2.75) is 25.8 Å². The van der Waals surface area contributed by atoms with Crippen LogP contribution in [0.3, 0.4) is 0 Å². The van der Waals surface area contributed by atoms with Crippen molar-refractivity contribution in [1.82, 2.24) is 9.55 Å². The van der Waals surface area contributed by atoms with Gasteiger partial charge in [-0.15, -0.1) is 11.6 Å². The summed E-state index contributed by atoms with van der Waals surface area (Å²) in [5, 5.41) is 0. The van der Waals surface area contributed by atoms with E-state index in [1.165, 1.54) is 11.6 Å². The van der Waals surface area contributed by atoms with Gasteiger partial charge < -0.3 is 4.57 Å². The molecule has 108 valence electrons. The van der Waals surface area contributed by atoms with Gasteiger partial charge in [-0.1, -0.05) is 24.3 Å². The van der Waals surface area contributed by atoms with E-state index in [0.717, 1.165) is 35.4 Å². The average molecular weight is 303 g/mol. The summed E-state index contributed by atoms with van der Waals surface area (Å²) >= 11 is 6.02. The lowest BCUT2D eigenvalue weighted by Gasteiger charge is -2.09. The summed E-state index contributed by atoms with van der Waals surface area (Å²) in [6, 6.07) is 12.8. The third kappa shape index (κ3) is 2.79. The first kappa shape index (κ1) is 14.1. The predicted molar refractivity (Wildman–Crippen MR) is 84.1 cm³/mol. The molecule has 0 atom stereocenters. The van der Waals surface area contributed by atoms with Crippen LogP contribution < -0.4 is 0 Å². The fourth-order valence-electron chi connectivity index (χ4n) is 2.69. The summed E-state index contributed by atoms with van der Waals surface area (Å²) in [6.07, 6.45) is 0.751. The first-order valence-electron chi connectivity index (χ1n) is 6.94. The SMILES string of the molecule is Cc1cccc2nc(CCl)n(CCc3cccc(F)c3)c12. The molecule has 1 heterocycles. The Morgan fingerprint density at radius 2 is 2.00 bits per heavy atom. The van der Waals surface area contributed by atoms with Crippen LogP contribution in [0.2, 0.25) is 0 Å². The number of imidazole rings is 1. The van der Waals surface area contributed by atoms with Gasteiger partial charge in [0.05, 0.1) is 16.9 Å². The quantitative estimate of drug-likeness (QED) is 0.650. The Morgan fingerprint density at radius 1 is 1.19 bits per heavy atom. The normalized spacial score (nSPS) is 11.2. The molecular formula is C17H16ClFN2. The highest BCUT2D eigenvalue weighted by Gasteiger charge is 2.11. The molecule has 0 aliphatic heterocycles. The molecule has 0 saturated carbocycles. The van der Waals surface area contributed by atoms with Gasteiger partial charge in [-0.05, 0) is 42.7 Å². The minimum absolute atomic E-state index is 0.197. The molecule has 0 unspecified atom stereocenters. The Morgan fingerprint density at radius 3 is 2.76 bits per heavy atom. The van der Waals surface area contributed by atoms with Crippen LogP contribution in [0.15, 0.2) is 42.5 Å². The summed E-state index contributed by atoms with van der Waals surface area (Å²) in [7, 11) is 0. The molecular weight excluding hydrogens is 287 g/mol. The predicted octanol–water partition coefficient (Wildman–Crippen LogP) is 4.47. The van der Waals surface area contributed by atoms with E-state index in [2.05, 4.69) is 22.5 Å². The van der Waals surface area contributed by atoms with Gasteiger partial charge in [-0.3, -0.25) is 0 Å². The topological polar surface area (TPSA) is 17.8 Å². The average Bonchev–Trinajstić information content (AvgIpc) is 2.84. The number of hydrogen-bond acceptors (Lipinski definition) is 1. The van der Waals surface area contributed by atoms with Crippen molar-refractivity contribution in [3.63, 3.8) is 0 Å². The fraction of sp³-hybridized carbons (Fsp3) is 0.235. The molecule has 2 nitrogen and oxygen atoms in total. The molecule has 3 rings (SSSR count). The zero-order valence-electron chi connectivity index (χ0n) is 11.8. The van der Waals surface area contributed by atoms with Crippen LogP contribution in [0.25, 0.3) is 11.0 Å². The van der Waals surface area contributed by atoms with Gasteiger partial charge in [0.15, 0.2) is 0 Å². The number of aryl methyl sites for hydroxylation is 3. The Balaban J connectivity index is 1.96. The van der Waals surface area contributed by atoms with Crippen LogP contribution >= 0.6 is 11.6 Å². The van der Waals surface area contributed by atoms with Gasteiger partial charge in [0.1, 0.15) is 11.6 Å². The van der Waals surface area contributed by atoms with E-state index < -0.39 is 0 Å². The van der Waals surface area contributed by atoms with Gasteiger partial charge in [0, 0.05) is 6.54 Å². The summed E-state index contributed by atoms with van der Waals surface area (Å²) in [6.45, 7) is 2.81. The van der Waals surface area contributed by atoms with Crippen molar-refractivity contribution in [3.8, 4) is 0 Å². The second-order valence-electron chi connectivity index (χ2n) is 5.14. The number of para-hydroxylation sites is 1. The Bertz CT molecular complexity index is 780. The van der Waals surface area contributed by atoms with Gasteiger partial charge in [0.2, 0.25) is 0 Å². The molecule has 0 amide bonds. The molecule has 0 aliphatic carbocycles. The Kier molecular flexibility index (Phi) is 3.93. The number of hydrogen-bond donors (Lipinski definition) is 0. The molecule has 0 spiro atoms. The summed E-state index contributed by atoms with van der Waals surface area (Å²) < 4.78 is 15.4. The van der Waals surface area contributed by atoms with E-state index in [4.69, 9.17) is 11.6 Å². The summed E-state index contributed by atoms with van der Waals surface area (Å²) in [5.41, 5.74) is 4.23. The number of aromatic nitrogens is 2. The molecule has 0 N–H and O–H groups in total. The summed E-state index contributed by atoms with van der Waals surface area (Å²) in [5.74, 6) is 1.03. The Hall–Kier alpha value is -1.87. The second-order valence-corrected chi connectivity index (χ2v) is 5.40. The fourth-order valence-corrected chi connectivity index (χ4v) is 2.89. The van der Waals surface area contributed by atoms with Crippen molar-refractivity contribution in [2.75, 3.05) is 0 Å². The van der Waals surface area contributed by atoms with Gasteiger partial charge in [-0.2, -0.15) is 0 Å². The largest absolute Gasteiger partial charge is 0.326 e. The second kappa shape index (κ2) is 5.86. The van der Waals surface area contributed by atoms with Crippen LogP contribution in [0.4, 0.5) is 4.39 Å². The van der Waals surface area contributed by atoms with E-state index in [9.17, 15) is 4.39 Å². The number of fused-ring (bicyclic) bond motifs is 1. The monoisotopic (exact) mass is 302 g/mol. The molecule has 0 aliphatic rings. The molecule has 1 aromatic heterocycles. The minimum Gasteiger partial charge on any atom is -0.326 e. The molecule has 0 bridgehead atoms. The van der Waals surface area contributed by atoms with Crippen LogP contribution in [0.5, 0.6) is 0 Å². The first-order chi connectivity index (χ1) is 10.2. The molecule has 4 heteroatoms. The molecule has 21 heavy (non-hydrogen) atoms. The minimum atomic E-state index is -0.197. The molecule has 0 radical (unpaired) electrons. The van der Waals surface area contributed by atoms with E-state index in [1.807, 2.05) is 18.2 Å². The number of halogens is 2. The number of nitrogens with zero attached hydrogens (tertiary/aromatic N) is 2. The third-order valence-corrected chi connectivity index (χ3v) is 3.92. The van der Waals surface area contributed by atoms with Crippen LogP contribution in [0.1, 0.15) is 17.0 Å². The Labute approximate surface area is 128 Å². The van der Waals surface area contributed by atoms with Crippen molar-refractivity contribution < 1.29 is 4.39 Å². The zero-order chi connectivity index (χ0) is 14.8. The standard InChI is InChI=1S/C17H16ClFN2/c1-12-4-2-7-15-17(12)21(16(11-18)20-15)9-8-13-5-3-6-14(19)10-13/h2-7,10H,8-9,11H2,1H3. The van der Waals surface area contributed by atoms with Crippen LogP contribution in [0, 0.1) is 12.7 Å². The maximum Gasteiger partial charge on any atom is 0.124 e. The van der Waals surface area contributed by atoms with Crippen LogP contribution in [-0.4, -0.2) is 9.55 Å². The highest BCUT2D eigenvalue weighted by atomic mass is 35.5. The lowest BCUT2D eigenvalue weighted by Crippen LogP contribution is -2.06. The van der Waals surface area contributed by atoms with Crippen molar-refractivity contribution in [3.05, 3.63) is 65.2 Å². The van der Waals surface area contributed by atoms with Gasteiger partial charge in [0.25, 0.3) is 0 Å².